The summed E-state index contributed by atoms with van der Waals surface area (Å²) in [5, 5.41) is 19.0. The summed E-state index contributed by atoms with van der Waals surface area (Å²) in [5.74, 6) is -0.0495. The number of nitrogens with one attached hydrogen (secondary N) is 2. The van der Waals surface area contributed by atoms with E-state index in [4.69, 9.17) is 0 Å². The molecule has 10 heteroatoms. The number of aromatic nitrogens is 5. The molecule has 0 bridgehead atoms. The number of carbonyl (C=O) groups excluding carboxylic acids is 2. The first-order valence-corrected chi connectivity index (χ1v) is 9.94. The van der Waals surface area contributed by atoms with E-state index >= 15 is 0 Å². The van der Waals surface area contributed by atoms with Crippen molar-refractivity contribution in [3.8, 4) is 5.69 Å². The Balaban J connectivity index is 1.30. The molecule has 0 unspecified atom stereocenters. The molecule has 0 aliphatic heterocycles. The Bertz CT molecular complexity index is 947. The maximum absolute atomic E-state index is 12.3. The zero-order valence-electron chi connectivity index (χ0n) is 15.0. The monoisotopic (exact) mass is 397 g/mol. The number of amides is 2. The minimum Gasteiger partial charge on any atom is -0.326 e. The van der Waals surface area contributed by atoms with Crippen LogP contribution in [0.25, 0.3) is 5.69 Å². The van der Waals surface area contributed by atoms with E-state index in [2.05, 4.69) is 31.1 Å². The Labute approximate surface area is 165 Å². The lowest BCUT2D eigenvalue weighted by Gasteiger charge is -2.07. The number of carbonyl (C=O) groups is 2. The van der Waals surface area contributed by atoms with Gasteiger partial charge in [-0.3, -0.25) is 9.59 Å². The van der Waals surface area contributed by atoms with Crippen molar-refractivity contribution in [2.24, 2.45) is 5.92 Å². The molecule has 3 aromatic rings. The number of benzene rings is 1. The van der Waals surface area contributed by atoms with Gasteiger partial charge in [-0.2, -0.15) is 0 Å². The molecule has 0 atom stereocenters. The molecule has 28 heavy (non-hydrogen) atoms. The molecule has 2 aromatic heterocycles. The Morgan fingerprint density at radius 1 is 1.14 bits per heavy atom. The maximum Gasteiger partial charge on any atom is 0.230 e. The Kier molecular flexibility index (Phi) is 5.38. The van der Waals surface area contributed by atoms with Crippen LogP contribution in [-0.4, -0.2) is 37.0 Å². The second-order valence-corrected chi connectivity index (χ2v) is 7.50. The highest BCUT2D eigenvalue weighted by molar-refractivity contribution is 7.13. The van der Waals surface area contributed by atoms with Gasteiger partial charge in [0.1, 0.15) is 6.33 Å². The summed E-state index contributed by atoms with van der Waals surface area (Å²) >= 11 is 1.34. The van der Waals surface area contributed by atoms with Gasteiger partial charge in [-0.15, -0.1) is 16.4 Å². The fourth-order valence-corrected chi connectivity index (χ4v) is 3.90. The third kappa shape index (κ3) is 4.39. The average Bonchev–Trinajstić information content (AvgIpc) is 3.45. The molecule has 1 aliphatic rings. The van der Waals surface area contributed by atoms with E-state index in [1.54, 1.807) is 17.5 Å². The Hall–Kier alpha value is -3.14. The SMILES string of the molecule is O=C(Cc1csc(NC(=O)C2CCCC2)n1)Nc1ccc(-n2cnnn2)cc1. The molecule has 1 aliphatic carbocycles. The van der Waals surface area contributed by atoms with E-state index in [1.807, 2.05) is 12.1 Å². The molecular weight excluding hydrogens is 378 g/mol. The summed E-state index contributed by atoms with van der Waals surface area (Å²) in [7, 11) is 0. The molecule has 2 heterocycles. The minimum absolute atomic E-state index is 0.0329. The Morgan fingerprint density at radius 2 is 1.93 bits per heavy atom. The lowest BCUT2D eigenvalue weighted by molar-refractivity contribution is -0.119. The third-order valence-corrected chi connectivity index (χ3v) is 5.42. The predicted molar refractivity (Wildman–Crippen MR) is 104 cm³/mol. The molecule has 1 aromatic carbocycles. The molecule has 2 amide bonds. The number of hydrogen-bond donors (Lipinski definition) is 2. The first-order chi connectivity index (χ1) is 13.7. The number of tetrazole rings is 1. The fraction of sp³-hybridized carbons (Fsp3) is 0.333. The second-order valence-electron chi connectivity index (χ2n) is 6.64. The normalized spacial score (nSPS) is 14.1. The number of thiazole rings is 1. The van der Waals surface area contributed by atoms with Crippen LogP contribution in [0.3, 0.4) is 0 Å². The fourth-order valence-electron chi connectivity index (χ4n) is 3.19. The van der Waals surface area contributed by atoms with Crippen molar-refractivity contribution in [2.75, 3.05) is 10.6 Å². The predicted octanol–water partition coefficient (Wildman–Crippen LogP) is 2.43. The van der Waals surface area contributed by atoms with Crippen LogP contribution in [-0.2, 0) is 16.0 Å². The van der Waals surface area contributed by atoms with Gasteiger partial charge in [0.15, 0.2) is 5.13 Å². The standard InChI is InChI=1S/C18H19N7O2S/c26-16(20-13-5-7-15(8-6-13)25-11-19-23-24-25)9-14-10-28-18(21-14)22-17(27)12-3-1-2-4-12/h5-8,10-12H,1-4,9H2,(H,20,26)(H,21,22,27). The van der Waals surface area contributed by atoms with E-state index in [-0.39, 0.29) is 24.2 Å². The lowest BCUT2D eigenvalue weighted by atomic mass is 10.1. The molecule has 0 spiro atoms. The third-order valence-electron chi connectivity index (χ3n) is 4.61. The van der Waals surface area contributed by atoms with E-state index < -0.39 is 0 Å². The summed E-state index contributed by atoms with van der Waals surface area (Å²) in [4.78, 5) is 28.8. The van der Waals surface area contributed by atoms with Crippen molar-refractivity contribution < 1.29 is 9.59 Å². The van der Waals surface area contributed by atoms with Crippen LogP contribution >= 0.6 is 11.3 Å². The number of nitrogens with zero attached hydrogens (tertiary/aromatic N) is 5. The molecule has 4 rings (SSSR count). The average molecular weight is 397 g/mol. The van der Waals surface area contributed by atoms with Gasteiger partial charge in [0.2, 0.25) is 11.8 Å². The quantitative estimate of drug-likeness (QED) is 0.660. The molecule has 144 valence electrons. The van der Waals surface area contributed by atoms with Crippen molar-refractivity contribution in [2.45, 2.75) is 32.1 Å². The smallest absolute Gasteiger partial charge is 0.230 e. The van der Waals surface area contributed by atoms with Crippen molar-refractivity contribution in [1.29, 1.82) is 0 Å². The summed E-state index contributed by atoms with van der Waals surface area (Å²) in [6, 6.07) is 7.18. The molecule has 0 radical (unpaired) electrons. The molecule has 0 saturated heterocycles. The van der Waals surface area contributed by atoms with Crippen LogP contribution in [0.5, 0.6) is 0 Å². The zero-order chi connectivity index (χ0) is 19.3. The molecular formula is C18H19N7O2S. The van der Waals surface area contributed by atoms with Crippen LogP contribution in [0.1, 0.15) is 31.4 Å². The summed E-state index contributed by atoms with van der Waals surface area (Å²) in [5.41, 5.74) is 2.10. The Morgan fingerprint density at radius 3 is 2.64 bits per heavy atom. The van der Waals surface area contributed by atoms with Crippen molar-refractivity contribution >= 4 is 34.0 Å². The van der Waals surface area contributed by atoms with Crippen LogP contribution < -0.4 is 10.6 Å². The highest BCUT2D eigenvalue weighted by Gasteiger charge is 2.23. The topological polar surface area (TPSA) is 115 Å². The van der Waals surface area contributed by atoms with E-state index in [1.165, 1.54) is 22.3 Å². The highest BCUT2D eigenvalue weighted by atomic mass is 32.1. The molecule has 1 fully saturated rings. The number of anilines is 2. The van der Waals surface area contributed by atoms with Gasteiger partial charge >= 0.3 is 0 Å². The lowest BCUT2D eigenvalue weighted by Crippen LogP contribution is -2.20. The first-order valence-electron chi connectivity index (χ1n) is 9.06. The van der Waals surface area contributed by atoms with Gasteiger partial charge in [-0.25, -0.2) is 9.67 Å². The van der Waals surface area contributed by atoms with Crippen LogP contribution in [0.2, 0.25) is 0 Å². The molecule has 9 nitrogen and oxygen atoms in total. The van der Waals surface area contributed by atoms with E-state index in [0.29, 0.717) is 16.5 Å². The van der Waals surface area contributed by atoms with Gasteiger partial charge in [0.25, 0.3) is 0 Å². The molecule has 1 saturated carbocycles. The van der Waals surface area contributed by atoms with Crippen molar-refractivity contribution in [1.82, 2.24) is 25.2 Å². The van der Waals surface area contributed by atoms with E-state index in [0.717, 1.165) is 31.4 Å². The van der Waals surface area contributed by atoms with Gasteiger partial charge in [0.05, 0.1) is 17.8 Å². The van der Waals surface area contributed by atoms with E-state index in [9.17, 15) is 9.59 Å². The first kappa shape index (κ1) is 18.2. The van der Waals surface area contributed by atoms with Gasteiger partial charge in [-0.05, 0) is 47.5 Å². The summed E-state index contributed by atoms with van der Waals surface area (Å²) < 4.78 is 1.53. The second kappa shape index (κ2) is 8.26. The number of hydrogen-bond acceptors (Lipinski definition) is 7. The van der Waals surface area contributed by atoms with Crippen LogP contribution in [0, 0.1) is 5.92 Å². The van der Waals surface area contributed by atoms with Crippen molar-refractivity contribution in [3.63, 3.8) is 0 Å². The van der Waals surface area contributed by atoms with Gasteiger partial charge in [0, 0.05) is 17.0 Å². The zero-order valence-corrected chi connectivity index (χ0v) is 15.9. The molecule has 2 N–H and O–H groups in total. The summed E-state index contributed by atoms with van der Waals surface area (Å²) in [6.07, 6.45) is 5.75. The minimum atomic E-state index is -0.172. The van der Waals surface area contributed by atoms with Crippen molar-refractivity contribution in [3.05, 3.63) is 41.7 Å². The largest absolute Gasteiger partial charge is 0.326 e. The van der Waals surface area contributed by atoms with Crippen LogP contribution in [0.4, 0.5) is 10.8 Å². The van der Waals surface area contributed by atoms with Crippen LogP contribution in [0.15, 0.2) is 36.0 Å². The maximum atomic E-state index is 12.3. The van der Waals surface area contributed by atoms with Gasteiger partial charge in [-0.1, -0.05) is 12.8 Å². The summed E-state index contributed by atoms with van der Waals surface area (Å²) in [6.45, 7) is 0. The number of rotatable bonds is 6. The highest BCUT2D eigenvalue weighted by Crippen LogP contribution is 2.26. The van der Waals surface area contributed by atoms with Gasteiger partial charge < -0.3 is 10.6 Å².